The summed E-state index contributed by atoms with van der Waals surface area (Å²) >= 11 is 0. The van der Waals surface area contributed by atoms with Crippen molar-refractivity contribution in [3.63, 3.8) is 0 Å². The van der Waals surface area contributed by atoms with Gasteiger partial charge in [-0.1, -0.05) is 12.1 Å². The van der Waals surface area contributed by atoms with Crippen molar-refractivity contribution in [2.45, 2.75) is 30.8 Å². The maximum atomic E-state index is 12.6. The van der Waals surface area contributed by atoms with Crippen molar-refractivity contribution in [1.82, 2.24) is 9.21 Å². The molecule has 0 bridgehead atoms. The van der Waals surface area contributed by atoms with Crippen LogP contribution in [0.2, 0.25) is 0 Å². The molecule has 1 atom stereocenters. The van der Waals surface area contributed by atoms with E-state index in [0.717, 1.165) is 37.4 Å². The Kier molecular flexibility index (Phi) is 7.21. The quantitative estimate of drug-likeness (QED) is 0.636. The molecule has 8 nitrogen and oxygen atoms in total. The Bertz CT molecular complexity index is 1070. The molecular weight excluding hydrogens is 440 g/mol. The summed E-state index contributed by atoms with van der Waals surface area (Å²) in [5, 5.41) is 2.85. The lowest BCUT2D eigenvalue weighted by Crippen LogP contribution is -2.46. The van der Waals surface area contributed by atoms with Gasteiger partial charge in [0, 0.05) is 31.9 Å². The third kappa shape index (κ3) is 5.48. The second-order valence-corrected chi connectivity index (χ2v) is 10.6. The van der Waals surface area contributed by atoms with Crippen molar-refractivity contribution in [2.75, 3.05) is 56.5 Å². The number of benzene rings is 2. The van der Waals surface area contributed by atoms with Gasteiger partial charge in [0.1, 0.15) is 11.9 Å². The molecule has 4 rings (SSSR count). The summed E-state index contributed by atoms with van der Waals surface area (Å²) in [6, 6.07) is 14.4. The highest BCUT2D eigenvalue weighted by Crippen LogP contribution is 2.32. The maximum Gasteiger partial charge on any atom is 0.243 e. The van der Waals surface area contributed by atoms with Gasteiger partial charge in [0.05, 0.1) is 23.7 Å². The molecule has 9 heteroatoms. The first-order valence-corrected chi connectivity index (χ1v) is 12.9. The van der Waals surface area contributed by atoms with Gasteiger partial charge in [0.15, 0.2) is 0 Å². The van der Waals surface area contributed by atoms with Crippen LogP contribution in [0, 0.1) is 0 Å². The number of anilines is 2. The van der Waals surface area contributed by atoms with E-state index in [0.29, 0.717) is 25.3 Å². The van der Waals surface area contributed by atoms with Gasteiger partial charge in [-0.3, -0.25) is 9.69 Å². The fourth-order valence-electron chi connectivity index (χ4n) is 4.42. The van der Waals surface area contributed by atoms with Gasteiger partial charge in [-0.05, 0) is 63.2 Å². The van der Waals surface area contributed by atoms with E-state index >= 15 is 0 Å². The molecule has 33 heavy (non-hydrogen) atoms. The summed E-state index contributed by atoms with van der Waals surface area (Å²) in [7, 11) is -1.56. The van der Waals surface area contributed by atoms with E-state index in [2.05, 4.69) is 23.2 Å². The van der Waals surface area contributed by atoms with E-state index in [9.17, 15) is 13.2 Å². The number of hydrogen-bond acceptors (Lipinski definition) is 6. The Balaban J connectivity index is 1.30. The molecule has 2 aliphatic rings. The minimum Gasteiger partial charge on any atom is -0.485 e. The Morgan fingerprint density at radius 3 is 2.52 bits per heavy atom. The lowest BCUT2D eigenvalue weighted by molar-refractivity contribution is -0.117. The molecule has 1 amide bonds. The molecule has 1 fully saturated rings. The SMILES string of the molecule is CCN1C[C@H](CN(C)CC(=O)Nc2ccc(S(=O)(=O)N3CCCC3)cc2)Oc2ccccc21. The molecule has 2 heterocycles. The van der Waals surface area contributed by atoms with Crippen LogP contribution in [0.5, 0.6) is 5.75 Å². The van der Waals surface area contributed by atoms with Crippen molar-refractivity contribution in [3.8, 4) is 5.75 Å². The first kappa shape index (κ1) is 23.5. The van der Waals surface area contributed by atoms with Crippen LogP contribution < -0.4 is 15.0 Å². The van der Waals surface area contributed by atoms with Crippen LogP contribution in [0.15, 0.2) is 53.4 Å². The van der Waals surface area contributed by atoms with Crippen LogP contribution in [0.25, 0.3) is 0 Å². The average molecular weight is 473 g/mol. The first-order chi connectivity index (χ1) is 15.9. The number of rotatable bonds is 8. The highest BCUT2D eigenvalue weighted by atomic mass is 32.2. The molecule has 0 saturated carbocycles. The molecule has 2 aliphatic heterocycles. The highest BCUT2D eigenvalue weighted by Gasteiger charge is 2.27. The van der Waals surface area contributed by atoms with Crippen LogP contribution in [0.1, 0.15) is 19.8 Å². The number of carbonyl (C=O) groups is 1. The van der Waals surface area contributed by atoms with Crippen molar-refractivity contribution in [2.24, 2.45) is 0 Å². The van der Waals surface area contributed by atoms with Crippen LogP contribution in [0.3, 0.4) is 0 Å². The number of hydrogen-bond donors (Lipinski definition) is 1. The standard InChI is InChI=1S/C24H32N4O4S/c1-3-27-17-20(32-23-9-5-4-8-22(23)27)16-26(2)18-24(29)25-19-10-12-21(13-11-19)33(30,31)28-14-6-7-15-28/h4-5,8-13,20H,3,6-7,14-18H2,1-2H3,(H,25,29)/t20-/m0/s1. The number of carbonyl (C=O) groups excluding carboxylic acids is 1. The van der Waals surface area contributed by atoms with Crippen molar-refractivity contribution >= 4 is 27.3 Å². The van der Waals surface area contributed by atoms with Gasteiger partial charge in [-0.2, -0.15) is 4.31 Å². The van der Waals surface area contributed by atoms with Crippen LogP contribution in [-0.2, 0) is 14.8 Å². The van der Waals surface area contributed by atoms with Gasteiger partial charge in [-0.15, -0.1) is 0 Å². The van der Waals surface area contributed by atoms with Crippen molar-refractivity contribution in [1.29, 1.82) is 0 Å². The van der Waals surface area contributed by atoms with Crippen molar-refractivity contribution in [3.05, 3.63) is 48.5 Å². The highest BCUT2D eigenvalue weighted by molar-refractivity contribution is 7.89. The number of nitrogens with zero attached hydrogens (tertiary/aromatic N) is 3. The molecule has 0 spiro atoms. The zero-order valence-electron chi connectivity index (χ0n) is 19.2. The number of para-hydroxylation sites is 2. The van der Waals surface area contributed by atoms with E-state index in [-0.39, 0.29) is 23.5 Å². The maximum absolute atomic E-state index is 12.6. The first-order valence-electron chi connectivity index (χ1n) is 11.5. The van der Waals surface area contributed by atoms with Gasteiger partial charge < -0.3 is 15.0 Å². The normalized spacial score (nSPS) is 18.8. The zero-order chi connectivity index (χ0) is 23.4. The molecule has 2 aromatic carbocycles. The number of fused-ring (bicyclic) bond motifs is 1. The summed E-state index contributed by atoms with van der Waals surface area (Å²) in [5.74, 6) is 0.716. The van der Waals surface area contributed by atoms with Crippen molar-refractivity contribution < 1.29 is 17.9 Å². The largest absolute Gasteiger partial charge is 0.485 e. The smallest absolute Gasteiger partial charge is 0.243 e. The minimum absolute atomic E-state index is 0.0345. The number of ether oxygens (including phenoxy) is 1. The van der Waals surface area contributed by atoms with Crippen LogP contribution in [0.4, 0.5) is 11.4 Å². The third-order valence-electron chi connectivity index (χ3n) is 6.08. The summed E-state index contributed by atoms with van der Waals surface area (Å²) in [6.45, 7) is 5.75. The third-order valence-corrected chi connectivity index (χ3v) is 7.99. The summed E-state index contributed by atoms with van der Waals surface area (Å²) in [4.78, 5) is 17.0. The summed E-state index contributed by atoms with van der Waals surface area (Å²) < 4.78 is 32.9. The topological polar surface area (TPSA) is 82.2 Å². The Hall–Kier alpha value is -2.62. The molecule has 0 aliphatic carbocycles. The molecule has 2 aromatic rings. The molecular formula is C24H32N4O4S. The van der Waals surface area contributed by atoms with Gasteiger partial charge >= 0.3 is 0 Å². The number of amides is 1. The lowest BCUT2D eigenvalue weighted by atomic mass is 10.2. The van der Waals surface area contributed by atoms with Gasteiger partial charge in [0.2, 0.25) is 15.9 Å². The Labute approximate surface area is 196 Å². The van der Waals surface area contributed by atoms with Gasteiger partial charge in [0.25, 0.3) is 0 Å². The van der Waals surface area contributed by atoms with E-state index < -0.39 is 10.0 Å². The lowest BCUT2D eigenvalue weighted by Gasteiger charge is -2.37. The Morgan fingerprint density at radius 2 is 1.82 bits per heavy atom. The van der Waals surface area contributed by atoms with E-state index in [1.807, 2.05) is 30.1 Å². The molecule has 178 valence electrons. The fourth-order valence-corrected chi connectivity index (χ4v) is 5.94. The Morgan fingerprint density at radius 1 is 1.12 bits per heavy atom. The fraction of sp³-hybridized carbons (Fsp3) is 0.458. The number of sulfonamides is 1. The van der Waals surface area contributed by atoms with Crippen LogP contribution in [-0.4, -0.2) is 76.0 Å². The number of likely N-dealkylation sites (N-methyl/N-ethyl adjacent to an activating group) is 2. The van der Waals surface area contributed by atoms with E-state index in [4.69, 9.17) is 4.74 Å². The zero-order valence-corrected chi connectivity index (χ0v) is 20.1. The molecule has 1 N–H and O–H groups in total. The van der Waals surface area contributed by atoms with Crippen LogP contribution >= 0.6 is 0 Å². The number of nitrogens with one attached hydrogen (secondary N) is 1. The molecule has 0 aromatic heterocycles. The summed E-state index contributed by atoms with van der Waals surface area (Å²) in [5.41, 5.74) is 1.68. The molecule has 0 radical (unpaired) electrons. The average Bonchev–Trinajstić information content (AvgIpc) is 3.34. The van der Waals surface area contributed by atoms with E-state index in [1.165, 1.54) is 4.31 Å². The molecule has 1 saturated heterocycles. The second-order valence-electron chi connectivity index (χ2n) is 8.63. The van der Waals surface area contributed by atoms with Gasteiger partial charge in [-0.25, -0.2) is 8.42 Å². The minimum atomic E-state index is -3.45. The predicted molar refractivity (Wildman–Crippen MR) is 129 cm³/mol. The van der Waals surface area contributed by atoms with E-state index in [1.54, 1.807) is 24.3 Å². The monoisotopic (exact) mass is 472 g/mol. The predicted octanol–water partition coefficient (Wildman–Crippen LogP) is 2.63. The molecule has 0 unspecified atom stereocenters. The second kappa shape index (κ2) is 10.1. The summed E-state index contributed by atoms with van der Waals surface area (Å²) in [6.07, 6.45) is 1.76.